The maximum atomic E-state index is 14.3. The van der Waals surface area contributed by atoms with Crippen LogP contribution in [0.15, 0.2) is 96.4 Å². The first-order chi connectivity index (χ1) is 21.9. The average molecular weight is 623 g/mol. The molecule has 238 valence electrons. The van der Waals surface area contributed by atoms with E-state index in [9.17, 15) is 19.2 Å². The first kappa shape index (κ1) is 32.3. The van der Waals surface area contributed by atoms with Gasteiger partial charge in [0, 0.05) is 18.7 Å². The van der Waals surface area contributed by atoms with Gasteiger partial charge in [-0.15, -0.1) is 0 Å². The number of carbonyl (C=O) groups excluding carboxylic acids is 4. The summed E-state index contributed by atoms with van der Waals surface area (Å²) in [6, 6.07) is 20.2. The Labute approximate surface area is 269 Å². The number of amides is 3. The zero-order valence-electron chi connectivity index (χ0n) is 26.8. The largest absolute Gasteiger partial charge is 0.473 e. The molecule has 0 spiro atoms. The molecule has 10 nitrogen and oxygen atoms in total. The summed E-state index contributed by atoms with van der Waals surface area (Å²) in [5.74, 6) is -1.96. The van der Waals surface area contributed by atoms with E-state index in [2.05, 4.69) is 10.3 Å². The predicted octanol–water partition coefficient (Wildman–Crippen LogP) is 3.32. The van der Waals surface area contributed by atoms with Crippen LogP contribution in [0.4, 0.5) is 0 Å². The molecule has 0 radical (unpaired) electrons. The highest BCUT2D eigenvalue weighted by atomic mass is 16.5. The number of carbonyl (C=O) groups is 4. The van der Waals surface area contributed by atoms with Crippen LogP contribution in [0.5, 0.6) is 0 Å². The molecule has 46 heavy (non-hydrogen) atoms. The highest BCUT2D eigenvalue weighted by molar-refractivity contribution is 6.39. The molecule has 3 aromatic rings. The van der Waals surface area contributed by atoms with E-state index < -0.39 is 35.2 Å². The van der Waals surface area contributed by atoms with Crippen molar-refractivity contribution in [3.63, 3.8) is 0 Å². The van der Waals surface area contributed by atoms with Crippen LogP contribution < -0.4 is 9.88 Å². The molecule has 5 rings (SSSR count). The fourth-order valence-electron chi connectivity index (χ4n) is 5.64. The number of Topliss-reactive ketones (excluding diaryl/α,β-unsaturated/α-hetero) is 1. The van der Waals surface area contributed by atoms with Crippen molar-refractivity contribution >= 4 is 35.1 Å². The quantitative estimate of drug-likeness (QED) is 0.349. The third-order valence-electron chi connectivity index (χ3n) is 7.91. The summed E-state index contributed by atoms with van der Waals surface area (Å²) in [4.78, 5) is 62.8. The van der Waals surface area contributed by atoms with Crippen LogP contribution in [-0.2, 0) is 32.6 Å². The fourth-order valence-corrected chi connectivity index (χ4v) is 5.64. The summed E-state index contributed by atoms with van der Waals surface area (Å²) < 4.78 is 7.40. The first-order valence-electron chi connectivity index (χ1n) is 15.4. The third-order valence-corrected chi connectivity index (χ3v) is 7.91. The third kappa shape index (κ3) is 7.22. The first-order valence-corrected chi connectivity index (χ1v) is 15.4. The van der Waals surface area contributed by atoms with Gasteiger partial charge in [0.15, 0.2) is 12.4 Å². The SMILES string of the molecule is CC(C)[C@@H]1C(=O)N(CC(=O)N[C@@H](Cc2ccccc2)C(=O)C2=NC(C)(C)CO2)C(c2ccccc2)=CN1C(=O)c1ccc[n+](C)c1. The van der Waals surface area contributed by atoms with Gasteiger partial charge in [0.1, 0.15) is 37.8 Å². The molecule has 0 unspecified atom stereocenters. The standard InChI is InChI=1S/C36H39N5O5/c1-24(2)31-35(45)40(29(26-15-10-7-11-16-26)21-41(31)34(44)27-17-12-18-39(5)20-27)22-30(42)37-28(19-25-13-8-6-9-14-25)32(43)33-38-36(3,4)23-46-33/h6-18,20-21,24,28,31H,19,22-23H2,1-5H3/p+1/t28-,31+/m0/s1. The lowest BCUT2D eigenvalue weighted by Gasteiger charge is -2.41. The molecule has 0 fully saturated rings. The number of ketones is 1. The van der Waals surface area contributed by atoms with Gasteiger partial charge in [0.2, 0.25) is 11.7 Å². The van der Waals surface area contributed by atoms with Gasteiger partial charge in [-0.05, 0) is 37.0 Å². The highest BCUT2D eigenvalue weighted by Crippen LogP contribution is 2.31. The number of hydrogen-bond acceptors (Lipinski definition) is 6. The Morgan fingerprint density at radius 2 is 1.70 bits per heavy atom. The van der Waals surface area contributed by atoms with Crippen molar-refractivity contribution in [1.29, 1.82) is 0 Å². The molecule has 0 saturated heterocycles. The lowest BCUT2D eigenvalue weighted by molar-refractivity contribution is -0.671. The average Bonchev–Trinajstić information content (AvgIpc) is 3.40. The molecule has 3 amide bonds. The number of aromatic nitrogens is 1. The van der Waals surface area contributed by atoms with Crippen molar-refractivity contribution in [1.82, 2.24) is 15.1 Å². The number of nitrogens with zero attached hydrogens (tertiary/aromatic N) is 4. The van der Waals surface area contributed by atoms with Crippen molar-refractivity contribution in [2.45, 2.75) is 51.7 Å². The fraction of sp³-hybridized carbons (Fsp3) is 0.333. The van der Waals surface area contributed by atoms with Crippen LogP contribution in [0, 0.1) is 5.92 Å². The van der Waals surface area contributed by atoms with Crippen LogP contribution in [0.2, 0.25) is 0 Å². The number of nitrogens with one attached hydrogen (secondary N) is 1. The lowest BCUT2D eigenvalue weighted by Crippen LogP contribution is -2.57. The molecule has 1 aromatic heterocycles. The van der Waals surface area contributed by atoms with Gasteiger partial charge in [-0.2, -0.15) is 0 Å². The van der Waals surface area contributed by atoms with E-state index in [4.69, 9.17) is 4.74 Å². The van der Waals surface area contributed by atoms with E-state index in [1.54, 1.807) is 29.1 Å². The second kappa shape index (κ2) is 13.5. The Balaban J connectivity index is 1.47. The van der Waals surface area contributed by atoms with Crippen LogP contribution >= 0.6 is 0 Å². The van der Waals surface area contributed by atoms with Gasteiger partial charge >= 0.3 is 0 Å². The molecule has 3 heterocycles. The summed E-state index contributed by atoms with van der Waals surface area (Å²) in [6.07, 6.45) is 5.41. The Hall–Kier alpha value is -5.12. The number of ether oxygens (including phenoxy) is 1. The van der Waals surface area contributed by atoms with E-state index in [1.165, 1.54) is 9.80 Å². The van der Waals surface area contributed by atoms with Crippen molar-refractivity contribution in [2.24, 2.45) is 18.0 Å². The van der Waals surface area contributed by atoms with E-state index in [1.807, 2.05) is 102 Å². The van der Waals surface area contributed by atoms with Gasteiger partial charge in [-0.25, -0.2) is 9.56 Å². The van der Waals surface area contributed by atoms with Crippen LogP contribution in [0.3, 0.4) is 0 Å². The maximum absolute atomic E-state index is 14.3. The second-order valence-electron chi connectivity index (χ2n) is 12.7. The van der Waals surface area contributed by atoms with Crippen molar-refractivity contribution in [2.75, 3.05) is 13.2 Å². The molecule has 10 heteroatoms. The summed E-state index contributed by atoms with van der Waals surface area (Å²) in [6.45, 7) is 7.38. The number of aliphatic imine (C=N–C) groups is 1. The zero-order chi connectivity index (χ0) is 33.0. The van der Waals surface area contributed by atoms with Gasteiger partial charge in [-0.1, -0.05) is 74.5 Å². The lowest BCUT2D eigenvalue weighted by atomic mass is 9.96. The minimum absolute atomic E-state index is 0.0199. The molecule has 0 aliphatic carbocycles. The maximum Gasteiger partial charge on any atom is 0.264 e. The van der Waals surface area contributed by atoms with Crippen molar-refractivity contribution in [3.8, 4) is 0 Å². The summed E-state index contributed by atoms with van der Waals surface area (Å²) in [5.41, 5.74) is 1.80. The van der Waals surface area contributed by atoms with Gasteiger partial charge in [-0.3, -0.25) is 29.0 Å². The molecule has 0 bridgehead atoms. The Kier molecular flexibility index (Phi) is 9.46. The molecule has 1 N–H and O–H groups in total. The number of aryl methyl sites for hydroxylation is 1. The molecule has 0 saturated carbocycles. The monoisotopic (exact) mass is 622 g/mol. The Bertz CT molecular complexity index is 1680. The molecule has 2 aromatic carbocycles. The van der Waals surface area contributed by atoms with Gasteiger partial charge < -0.3 is 10.1 Å². The van der Waals surface area contributed by atoms with Crippen molar-refractivity contribution in [3.05, 3.63) is 108 Å². The Morgan fingerprint density at radius 3 is 2.30 bits per heavy atom. The summed E-state index contributed by atoms with van der Waals surface area (Å²) in [5, 5.41) is 2.87. The van der Waals surface area contributed by atoms with E-state index in [0.717, 1.165) is 5.56 Å². The Morgan fingerprint density at radius 1 is 1.02 bits per heavy atom. The van der Waals surface area contributed by atoms with Gasteiger partial charge in [0.25, 0.3) is 17.7 Å². The topological polar surface area (TPSA) is 112 Å². The molecule has 2 aliphatic heterocycles. The van der Waals surface area contributed by atoms with Crippen LogP contribution in [0.25, 0.3) is 5.70 Å². The van der Waals surface area contributed by atoms with Crippen LogP contribution in [0.1, 0.15) is 49.2 Å². The van der Waals surface area contributed by atoms with Crippen LogP contribution in [-0.4, -0.2) is 70.0 Å². The normalized spacial score (nSPS) is 18.0. The zero-order valence-corrected chi connectivity index (χ0v) is 26.8. The van der Waals surface area contributed by atoms with Crippen molar-refractivity contribution < 1.29 is 28.5 Å². The smallest absolute Gasteiger partial charge is 0.264 e. The van der Waals surface area contributed by atoms with E-state index in [0.29, 0.717) is 16.8 Å². The summed E-state index contributed by atoms with van der Waals surface area (Å²) in [7, 11) is 1.83. The van der Waals surface area contributed by atoms with E-state index in [-0.39, 0.29) is 37.3 Å². The minimum atomic E-state index is -0.968. The molecule has 2 atom stereocenters. The minimum Gasteiger partial charge on any atom is -0.473 e. The second-order valence-corrected chi connectivity index (χ2v) is 12.7. The molecule has 2 aliphatic rings. The highest BCUT2D eigenvalue weighted by Gasteiger charge is 2.42. The predicted molar refractivity (Wildman–Crippen MR) is 173 cm³/mol. The number of benzene rings is 2. The molecular weight excluding hydrogens is 582 g/mol. The molecular formula is C36H40N5O5+. The number of hydrogen-bond donors (Lipinski definition) is 1. The van der Waals surface area contributed by atoms with Gasteiger partial charge in [0.05, 0.1) is 11.2 Å². The summed E-state index contributed by atoms with van der Waals surface area (Å²) >= 11 is 0. The number of rotatable bonds is 10. The number of pyridine rings is 1. The van der Waals surface area contributed by atoms with E-state index >= 15 is 0 Å².